The second-order valence-electron chi connectivity index (χ2n) is 7.41. The molecule has 0 spiro atoms. The van der Waals surface area contributed by atoms with E-state index in [1.807, 2.05) is 43.3 Å². The fraction of sp³-hybridized carbons (Fsp3) is 0.348. The maximum Gasteiger partial charge on any atom is 0.243 e. The van der Waals surface area contributed by atoms with E-state index < -0.39 is 10.0 Å². The van der Waals surface area contributed by atoms with E-state index in [0.29, 0.717) is 31.1 Å². The number of hydrogen-bond donors (Lipinski definition) is 1. The molecule has 1 fully saturated rings. The predicted molar refractivity (Wildman–Crippen MR) is 119 cm³/mol. The fourth-order valence-corrected chi connectivity index (χ4v) is 5.30. The number of aromatic nitrogens is 1. The monoisotopic (exact) mass is 425 g/mol. The molecule has 7 heteroatoms. The lowest BCUT2D eigenvalue weighted by Gasteiger charge is -2.25. The van der Waals surface area contributed by atoms with Crippen molar-refractivity contribution >= 4 is 26.7 Å². The van der Waals surface area contributed by atoms with Crippen molar-refractivity contribution < 1.29 is 13.2 Å². The first-order valence-corrected chi connectivity index (χ1v) is 11.9. The Labute approximate surface area is 177 Å². The third-order valence-corrected chi connectivity index (χ3v) is 7.24. The molecule has 1 aliphatic rings. The zero-order valence-corrected chi connectivity index (χ0v) is 18.0. The van der Waals surface area contributed by atoms with E-state index in [1.54, 1.807) is 22.5 Å². The van der Waals surface area contributed by atoms with Gasteiger partial charge in [-0.2, -0.15) is 4.31 Å². The number of hydrogen-bond acceptors (Lipinski definition) is 5. The van der Waals surface area contributed by atoms with Crippen molar-refractivity contribution in [2.45, 2.75) is 37.6 Å². The molecular weight excluding hydrogens is 398 g/mol. The summed E-state index contributed by atoms with van der Waals surface area (Å²) in [7, 11) is -3.44. The van der Waals surface area contributed by atoms with Crippen LogP contribution in [0.25, 0.3) is 10.9 Å². The highest BCUT2D eigenvalue weighted by Crippen LogP contribution is 2.25. The number of nitrogens with one attached hydrogen (secondary N) is 1. The Kier molecular flexibility index (Phi) is 6.20. The average Bonchev–Trinajstić information content (AvgIpc) is 2.79. The first-order chi connectivity index (χ1) is 14.6. The molecule has 1 saturated heterocycles. The van der Waals surface area contributed by atoms with Gasteiger partial charge in [-0.15, -0.1) is 0 Å². The fourth-order valence-electron chi connectivity index (χ4n) is 3.75. The van der Waals surface area contributed by atoms with E-state index in [2.05, 4.69) is 10.3 Å². The molecule has 0 saturated carbocycles. The second-order valence-corrected chi connectivity index (χ2v) is 9.35. The third kappa shape index (κ3) is 4.42. The Bertz CT molecular complexity index is 1130. The van der Waals surface area contributed by atoms with E-state index in [-0.39, 0.29) is 0 Å². The molecule has 0 atom stereocenters. The van der Waals surface area contributed by atoms with Gasteiger partial charge < -0.3 is 10.1 Å². The van der Waals surface area contributed by atoms with Crippen LogP contribution in [-0.4, -0.2) is 37.4 Å². The molecule has 6 nitrogen and oxygen atoms in total. The Morgan fingerprint density at radius 2 is 1.83 bits per heavy atom. The summed E-state index contributed by atoms with van der Waals surface area (Å²) >= 11 is 0. The topological polar surface area (TPSA) is 71.5 Å². The second kappa shape index (κ2) is 9.02. The highest BCUT2D eigenvalue weighted by molar-refractivity contribution is 7.89. The molecule has 0 radical (unpaired) electrons. The van der Waals surface area contributed by atoms with Crippen LogP contribution in [0.2, 0.25) is 0 Å². The van der Waals surface area contributed by atoms with Crippen LogP contribution in [0.15, 0.2) is 59.5 Å². The predicted octanol–water partition coefficient (Wildman–Crippen LogP) is 4.42. The molecule has 0 amide bonds. The number of sulfonamides is 1. The van der Waals surface area contributed by atoms with Crippen LogP contribution in [-0.2, 0) is 16.6 Å². The lowest BCUT2D eigenvalue weighted by atomic mass is 10.2. The molecule has 2 aromatic carbocycles. The summed E-state index contributed by atoms with van der Waals surface area (Å²) in [6, 6.07) is 16.9. The first kappa shape index (κ1) is 20.6. The normalized spacial score (nSPS) is 15.2. The summed E-state index contributed by atoms with van der Waals surface area (Å²) in [5.74, 6) is 1.60. The number of ether oxygens (including phenoxy) is 1. The van der Waals surface area contributed by atoms with Gasteiger partial charge in [0, 0.05) is 30.6 Å². The molecule has 4 rings (SSSR count). The zero-order chi connectivity index (χ0) is 21.0. The molecule has 1 aliphatic heterocycles. The Balaban J connectivity index is 1.52. The minimum absolute atomic E-state index is 0.338. The van der Waals surface area contributed by atoms with Crippen LogP contribution in [0.4, 0.5) is 5.82 Å². The minimum Gasteiger partial charge on any atom is -0.494 e. The van der Waals surface area contributed by atoms with E-state index in [0.717, 1.165) is 47.3 Å². The zero-order valence-electron chi connectivity index (χ0n) is 17.2. The summed E-state index contributed by atoms with van der Waals surface area (Å²) in [6.07, 6.45) is 2.95. The number of benzene rings is 2. The van der Waals surface area contributed by atoms with Crippen LogP contribution in [0.3, 0.4) is 0 Å². The van der Waals surface area contributed by atoms with E-state index in [1.165, 1.54) is 0 Å². The van der Waals surface area contributed by atoms with Crippen LogP contribution in [0.1, 0.15) is 31.7 Å². The van der Waals surface area contributed by atoms with Crippen LogP contribution < -0.4 is 10.1 Å². The van der Waals surface area contributed by atoms with Gasteiger partial charge in [0.05, 0.1) is 17.0 Å². The molecular formula is C23H27N3O3S. The number of nitrogens with zero attached hydrogens (tertiary/aromatic N) is 2. The number of anilines is 1. The molecule has 0 unspecified atom stereocenters. The van der Waals surface area contributed by atoms with Crippen LogP contribution in [0, 0.1) is 0 Å². The molecule has 1 N–H and O–H groups in total. The molecule has 158 valence electrons. The van der Waals surface area contributed by atoms with Gasteiger partial charge in [-0.05, 0) is 56.2 Å². The summed E-state index contributed by atoms with van der Waals surface area (Å²) < 4.78 is 33.1. The van der Waals surface area contributed by atoms with Crippen molar-refractivity contribution in [2.75, 3.05) is 25.0 Å². The average molecular weight is 426 g/mol. The van der Waals surface area contributed by atoms with Gasteiger partial charge in [-0.3, -0.25) is 0 Å². The van der Waals surface area contributed by atoms with Gasteiger partial charge in [-0.1, -0.05) is 24.6 Å². The van der Waals surface area contributed by atoms with Gasteiger partial charge >= 0.3 is 0 Å². The van der Waals surface area contributed by atoms with E-state index in [4.69, 9.17) is 4.74 Å². The summed E-state index contributed by atoms with van der Waals surface area (Å²) in [5.41, 5.74) is 1.82. The van der Waals surface area contributed by atoms with Crippen LogP contribution >= 0.6 is 0 Å². The minimum atomic E-state index is -3.44. The van der Waals surface area contributed by atoms with Gasteiger partial charge in [0.1, 0.15) is 11.6 Å². The van der Waals surface area contributed by atoms with Crippen molar-refractivity contribution in [3.05, 3.63) is 60.2 Å². The van der Waals surface area contributed by atoms with Crippen molar-refractivity contribution in [2.24, 2.45) is 0 Å². The number of pyridine rings is 1. The first-order valence-electron chi connectivity index (χ1n) is 10.4. The highest BCUT2D eigenvalue weighted by atomic mass is 32.2. The quantitative estimate of drug-likeness (QED) is 0.607. The molecule has 2 heterocycles. The molecule has 1 aromatic heterocycles. The third-order valence-electron chi connectivity index (χ3n) is 5.35. The van der Waals surface area contributed by atoms with Crippen LogP contribution in [0.5, 0.6) is 5.75 Å². The Hall–Kier alpha value is -2.64. The largest absolute Gasteiger partial charge is 0.494 e. The molecule has 0 bridgehead atoms. The standard InChI is InChI=1S/C23H27N3O3S/c1-2-29-22-9-5-4-8-19(22)17-24-23-13-10-18-16-20(11-12-21(18)25-23)30(27,28)26-14-6-3-7-15-26/h4-5,8-13,16H,2-3,6-7,14-15,17H2,1H3,(H,24,25). The molecule has 0 aliphatic carbocycles. The van der Waals surface area contributed by atoms with Gasteiger partial charge in [0.25, 0.3) is 0 Å². The summed E-state index contributed by atoms with van der Waals surface area (Å²) in [6.45, 7) is 4.38. The molecule has 30 heavy (non-hydrogen) atoms. The van der Waals surface area contributed by atoms with Crippen molar-refractivity contribution in [3.63, 3.8) is 0 Å². The lowest BCUT2D eigenvalue weighted by Crippen LogP contribution is -2.35. The SMILES string of the molecule is CCOc1ccccc1CNc1ccc2cc(S(=O)(=O)N3CCCCC3)ccc2n1. The highest BCUT2D eigenvalue weighted by Gasteiger charge is 2.26. The number of rotatable bonds is 7. The smallest absolute Gasteiger partial charge is 0.243 e. The summed E-state index contributed by atoms with van der Waals surface area (Å²) in [4.78, 5) is 4.98. The van der Waals surface area contributed by atoms with Crippen molar-refractivity contribution in [3.8, 4) is 5.75 Å². The number of para-hydroxylation sites is 1. The lowest BCUT2D eigenvalue weighted by molar-refractivity contribution is 0.337. The van der Waals surface area contributed by atoms with Gasteiger partial charge in [0.15, 0.2) is 0 Å². The number of fused-ring (bicyclic) bond motifs is 1. The van der Waals surface area contributed by atoms with E-state index in [9.17, 15) is 8.42 Å². The Morgan fingerprint density at radius 3 is 2.63 bits per heavy atom. The van der Waals surface area contributed by atoms with E-state index >= 15 is 0 Å². The maximum atomic E-state index is 12.9. The summed E-state index contributed by atoms with van der Waals surface area (Å²) in [5, 5.41) is 4.14. The van der Waals surface area contributed by atoms with Crippen molar-refractivity contribution in [1.29, 1.82) is 0 Å². The van der Waals surface area contributed by atoms with Gasteiger partial charge in [0.2, 0.25) is 10.0 Å². The van der Waals surface area contributed by atoms with Crippen molar-refractivity contribution in [1.82, 2.24) is 9.29 Å². The molecule has 3 aromatic rings. The Morgan fingerprint density at radius 1 is 1.03 bits per heavy atom. The number of piperidine rings is 1. The maximum absolute atomic E-state index is 12.9. The van der Waals surface area contributed by atoms with Gasteiger partial charge in [-0.25, -0.2) is 13.4 Å².